The van der Waals surface area contributed by atoms with Gasteiger partial charge >= 0.3 is 6.03 Å². The summed E-state index contributed by atoms with van der Waals surface area (Å²) >= 11 is 3.24. The third-order valence-electron chi connectivity index (χ3n) is 5.08. The van der Waals surface area contributed by atoms with E-state index in [1.165, 1.54) is 6.07 Å². The van der Waals surface area contributed by atoms with Crippen molar-refractivity contribution in [3.63, 3.8) is 0 Å². The van der Waals surface area contributed by atoms with Crippen molar-refractivity contribution in [1.82, 2.24) is 9.47 Å². The maximum atomic E-state index is 14.3. The number of anilines is 1. The first-order valence-corrected chi connectivity index (χ1v) is 10.0. The van der Waals surface area contributed by atoms with E-state index in [0.717, 1.165) is 16.9 Å². The van der Waals surface area contributed by atoms with Crippen molar-refractivity contribution in [3.05, 3.63) is 82.3 Å². The Labute approximate surface area is 172 Å². The quantitative estimate of drug-likeness (QED) is 0.510. The number of fused-ring (bicyclic) bond motifs is 3. The van der Waals surface area contributed by atoms with Gasteiger partial charge in [0.2, 0.25) is 0 Å². The zero-order valence-electron chi connectivity index (χ0n) is 15.7. The number of carbonyl (C=O) groups excluding carboxylic acids is 1. The second-order valence-corrected chi connectivity index (χ2v) is 8.22. The lowest BCUT2D eigenvalue weighted by molar-refractivity contribution is 0.162. The summed E-state index contributed by atoms with van der Waals surface area (Å²) in [6.45, 7) is 4.64. The van der Waals surface area contributed by atoms with Crippen molar-refractivity contribution in [2.24, 2.45) is 5.92 Å². The van der Waals surface area contributed by atoms with Crippen molar-refractivity contribution in [2.75, 3.05) is 5.32 Å². The highest BCUT2D eigenvalue weighted by molar-refractivity contribution is 9.10. The summed E-state index contributed by atoms with van der Waals surface area (Å²) in [5.74, 6) is -0.286. The van der Waals surface area contributed by atoms with E-state index < -0.39 is 5.82 Å². The smallest absolute Gasteiger partial charge is 0.318 e. The maximum Gasteiger partial charge on any atom is 0.322 e. The Morgan fingerprint density at radius 2 is 1.96 bits per heavy atom. The molecule has 0 radical (unpaired) electrons. The summed E-state index contributed by atoms with van der Waals surface area (Å²) in [6, 6.07) is 16.3. The number of hydrogen-bond donors (Lipinski definition) is 1. The molecule has 1 N–H and O–H groups in total. The molecule has 0 saturated heterocycles. The fraction of sp³-hybridized carbons (Fsp3) is 0.227. The minimum atomic E-state index is -0.470. The Bertz CT molecular complexity index is 1030. The van der Waals surface area contributed by atoms with E-state index in [9.17, 15) is 9.18 Å². The molecule has 0 unspecified atom stereocenters. The van der Waals surface area contributed by atoms with Crippen LogP contribution < -0.4 is 5.32 Å². The Morgan fingerprint density at radius 1 is 1.18 bits per heavy atom. The van der Waals surface area contributed by atoms with Gasteiger partial charge in [-0.25, -0.2) is 9.18 Å². The van der Waals surface area contributed by atoms with Crippen molar-refractivity contribution in [1.29, 1.82) is 0 Å². The van der Waals surface area contributed by atoms with Crippen molar-refractivity contribution >= 4 is 27.6 Å². The van der Waals surface area contributed by atoms with Crippen LogP contribution >= 0.6 is 15.9 Å². The molecule has 3 aromatic rings. The van der Waals surface area contributed by atoms with Gasteiger partial charge in [0.25, 0.3) is 0 Å². The molecule has 1 atom stereocenters. The predicted octanol–water partition coefficient (Wildman–Crippen LogP) is 6.12. The first-order valence-electron chi connectivity index (χ1n) is 9.24. The summed E-state index contributed by atoms with van der Waals surface area (Å²) < 4.78 is 17.1. The Hall–Kier alpha value is -2.60. The minimum absolute atomic E-state index is 0.138. The molecule has 1 aliphatic rings. The van der Waals surface area contributed by atoms with Crippen LogP contribution in [0.5, 0.6) is 0 Å². The van der Waals surface area contributed by atoms with E-state index in [-0.39, 0.29) is 23.7 Å². The maximum absolute atomic E-state index is 14.3. The van der Waals surface area contributed by atoms with E-state index >= 15 is 0 Å². The van der Waals surface area contributed by atoms with Crippen LogP contribution in [0.4, 0.5) is 14.9 Å². The fourth-order valence-electron chi connectivity index (χ4n) is 3.85. The molecule has 28 heavy (non-hydrogen) atoms. The van der Waals surface area contributed by atoms with Crippen LogP contribution in [-0.4, -0.2) is 15.5 Å². The molecule has 2 heterocycles. The molecule has 4 nitrogen and oxygen atoms in total. The van der Waals surface area contributed by atoms with E-state index in [2.05, 4.69) is 45.7 Å². The van der Waals surface area contributed by atoms with Gasteiger partial charge in [-0.3, -0.25) is 0 Å². The number of carbonyl (C=O) groups is 1. The third kappa shape index (κ3) is 3.33. The molecule has 4 rings (SSSR count). The lowest BCUT2D eigenvalue weighted by atomic mass is 9.99. The number of nitrogens with one attached hydrogen (secondary N) is 1. The number of urea groups is 1. The van der Waals surface area contributed by atoms with Gasteiger partial charge in [0.1, 0.15) is 5.82 Å². The van der Waals surface area contributed by atoms with Gasteiger partial charge in [0, 0.05) is 16.4 Å². The number of halogens is 2. The summed E-state index contributed by atoms with van der Waals surface area (Å²) in [7, 11) is 0. The molecule has 1 aromatic heterocycles. The lowest BCUT2D eigenvalue weighted by Gasteiger charge is -2.33. The summed E-state index contributed by atoms with van der Waals surface area (Å²) in [6.07, 6.45) is 2.03. The summed E-state index contributed by atoms with van der Waals surface area (Å²) in [4.78, 5) is 15.0. The minimum Gasteiger partial charge on any atom is -0.318 e. The zero-order valence-corrected chi connectivity index (χ0v) is 17.3. The second-order valence-electron chi connectivity index (χ2n) is 7.30. The van der Waals surface area contributed by atoms with Crippen LogP contribution in [-0.2, 0) is 6.54 Å². The largest absolute Gasteiger partial charge is 0.322 e. The highest BCUT2D eigenvalue weighted by Crippen LogP contribution is 2.37. The van der Waals surface area contributed by atoms with Gasteiger partial charge in [-0.15, -0.1) is 0 Å². The highest BCUT2D eigenvalue weighted by atomic mass is 79.9. The summed E-state index contributed by atoms with van der Waals surface area (Å²) in [5, 5.41) is 2.76. The zero-order chi connectivity index (χ0) is 19.8. The monoisotopic (exact) mass is 441 g/mol. The first kappa shape index (κ1) is 18.7. The van der Waals surface area contributed by atoms with E-state index in [1.807, 2.05) is 36.5 Å². The van der Waals surface area contributed by atoms with Crippen LogP contribution in [0.15, 0.2) is 65.3 Å². The van der Waals surface area contributed by atoms with Crippen molar-refractivity contribution in [2.45, 2.75) is 26.4 Å². The van der Waals surface area contributed by atoms with Gasteiger partial charge in [0.05, 0.1) is 24.0 Å². The average molecular weight is 442 g/mol. The highest BCUT2D eigenvalue weighted by Gasteiger charge is 2.33. The van der Waals surface area contributed by atoms with E-state index in [4.69, 9.17) is 0 Å². The molecule has 2 aromatic carbocycles. The topological polar surface area (TPSA) is 37.3 Å². The van der Waals surface area contributed by atoms with E-state index in [0.29, 0.717) is 11.0 Å². The fourth-order valence-corrected chi connectivity index (χ4v) is 4.19. The first-order chi connectivity index (χ1) is 13.5. The molecule has 6 heteroatoms. The molecule has 0 fully saturated rings. The molecule has 144 valence electrons. The molecule has 0 saturated carbocycles. The number of rotatable bonds is 2. The predicted molar refractivity (Wildman–Crippen MR) is 112 cm³/mol. The van der Waals surface area contributed by atoms with Crippen LogP contribution in [0.3, 0.4) is 0 Å². The molecule has 1 aliphatic heterocycles. The van der Waals surface area contributed by atoms with E-state index in [1.54, 1.807) is 17.0 Å². The number of amides is 2. The molecular weight excluding hydrogens is 421 g/mol. The standard InChI is InChI=1S/C22H21BrFN3O/c1-14(2)21-20-8-5-11-26(20)19-7-4-3-6-15(19)13-27(21)22(28)25-18-10-9-16(23)12-17(18)24/h3-12,14,21H,13H2,1-2H3,(H,25,28)/t21-/m1/s1. The third-order valence-corrected chi connectivity index (χ3v) is 5.57. The van der Waals surface area contributed by atoms with Crippen LogP contribution in [0, 0.1) is 11.7 Å². The molecule has 0 aliphatic carbocycles. The normalized spacial score (nSPS) is 15.8. The Kier molecular flexibility index (Phi) is 4.98. The molecular formula is C22H21BrFN3O. The van der Waals surface area contributed by atoms with Crippen LogP contribution in [0.25, 0.3) is 5.69 Å². The van der Waals surface area contributed by atoms with Gasteiger partial charge in [-0.05, 0) is 47.9 Å². The lowest BCUT2D eigenvalue weighted by Crippen LogP contribution is -2.39. The SMILES string of the molecule is CC(C)[C@@H]1c2cccn2-c2ccccc2CN1C(=O)Nc1ccc(Br)cc1F. The number of benzene rings is 2. The average Bonchev–Trinajstić information content (AvgIpc) is 3.07. The number of aromatic nitrogens is 1. The van der Waals surface area contributed by atoms with Crippen molar-refractivity contribution in [3.8, 4) is 5.69 Å². The molecule has 2 amide bonds. The number of hydrogen-bond acceptors (Lipinski definition) is 1. The van der Waals surface area contributed by atoms with Crippen LogP contribution in [0.2, 0.25) is 0 Å². The Morgan fingerprint density at radius 3 is 2.71 bits per heavy atom. The van der Waals surface area contributed by atoms with Crippen LogP contribution in [0.1, 0.15) is 31.1 Å². The second kappa shape index (κ2) is 7.43. The Balaban J connectivity index is 1.76. The van der Waals surface area contributed by atoms with Crippen molar-refractivity contribution < 1.29 is 9.18 Å². The van der Waals surface area contributed by atoms with Gasteiger partial charge in [-0.2, -0.15) is 0 Å². The van der Waals surface area contributed by atoms with Gasteiger partial charge in [-0.1, -0.05) is 48.0 Å². The number of nitrogens with zero attached hydrogens (tertiary/aromatic N) is 2. The molecule has 0 bridgehead atoms. The van der Waals surface area contributed by atoms with Gasteiger partial charge in [0.15, 0.2) is 0 Å². The van der Waals surface area contributed by atoms with Gasteiger partial charge < -0.3 is 14.8 Å². The summed E-state index contributed by atoms with van der Waals surface area (Å²) in [5.41, 5.74) is 3.34. The number of para-hydroxylation sites is 1. The molecule has 0 spiro atoms.